The first kappa shape index (κ1) is 28.3. The van der Waals surface area contributed by atoms with Crippen molar-refractivity contribution in [3.05, 3.63) is 89.9 Å². The van der Waals surface area contributed by atoms with E-state index in [-0.39, 0.29) is 11.9 Å². The van der Waals surface area contributed by atoms with Crippen LogP contribution in [0.3, 0.4) is 0 Å². The summed E-state index contributed by atoms with van der Waals surface area (Å²) in [6.45, 7) is 6.47. The van der Waals surface area contributed by atoms with Crippen molar-refractivity contribution >= 4 is 23.5 Å². The number of benzene rings is 1. The van der Waals surface area contributed by atoms with Gasteiger partial charge in [0.15, 0.2) is 0 Å². The Labute approximate surface area is 227 Å². The van der Waals surface area contributed by atoms with E-state index in [4.69, 9.17) is 4.98 Å². The lowest BCUT2D eigenvalue weighted by molar-refractivity contribution is -0.137. The van der Waals surface area contributed by atoms with Gasteiger partial charge in [-0.3, -0.25) is 9.78 Å². The van der Waals surface area contributed by atoms with Gasteiger partial charge in [-0.05, 0) is 74.7 Å². The van der Waals surface area contributed by atoms with Gasteiger partial charge in [-0.25, -0.2) is 4.98 Å². The first-order chi connectivity index (χ1) is 18.6. The third-order valence-corrected chi connectivity index (χ3v) is 7.13. The molecule has 2 aromatic heterocycles. The second kappa shape index (κ2) is 12.4. The first-order valence-corrected chi connectivity index (χ1v) is 13.1. The maximum absolute atomic E-state index is 13.5. The maximum Gasteiger partial charge on any atom is 0.416 e. The van der Waals surface area contributed by atoms with Gasteiger partial charge in [0.2, 0.25) is 5.91 Å². The Kier molecular flexibility index (Phi) is 9.01. The average Bonchev–Trinajstić information content (AvgIpc) is 2.94. The highest BCUT2D eigenvalue weighted by Gasteiger charge is 2.30. The van der Waals surface area contributed by atoms with E-state index < -0.39 is 11.7 Å². The van der Waals surface area contributed by atoms with Crippen molar-refractivity contribution in [3.8, 4) is 0 Å². The first-order valence-electron chi connectivity index (χ1n) is 13.1. The number of piperidine rings is 1. The Morgan fingerprint density at radius 2 is 1.72 bits per heavy atom. The molecule has 1 aliphatic rings. The van der Waals surface area contributed by atoms with E-state index >= 15 is 0 Å². The van der Waals surface area contributed by atoms with Crippen molar-refractivity contribution in [2.24, 2.45) is 0 Å². The molecule has 3 aromatic rings. The van der Waals surface area contributed by atoms with E-state index in [2.05, 4.69) is 23.7 Å². The predicted octanol–water partition coefficient (Wildman–Crippen LogP) is 6.18. The summed E-state index contributed by atoms with van der Waals surface area (Å²) in [6, 6.07) is 14.8. The molecule has 0 saturated carbocycles. The van der Waals surface area contributed by atoms with E-state index in [1.807, 2.05) is 47.2 Å². The molecular formula is C30H34F3N5O. The third-order valence-electron chi connectivity index (χ3n) is 7.13. The molecule has 0 aliphatic carbocycles. The molecule has 6 nitrogen and oxygen atoms in total. The number of aromatic nitrogens is 2. The molecule has 0 unspecified atom stereocenters. The number of hydrogen-bond acceptors (Lipinski definition) is 5. The second-order valence-corrected chi connectivity index (χ2v) is 10.0. The molecule has 0 N–H and O–H groups in total. The van der Waals surface area contributed by atoms with Crippen LogP contribution in [-0.4, -0.2) is 57.9 Å². The molecule has 1 saturated heterocycles. The summed E-state index contributed by atoms with van der Waals surface area (Å²) in [5, 5.41) is 0. The number of nitrogens with zero attached hydrogens (tertiary/aromatic N) is 5. The molecule has 0 atom stereocenters. The monoisotopic (exact) mass is 537 g/mol. The van der Waals surface area contributed by atoms with Crippen LogP contribution in [0.25, 0.3) is 6.08 Å². The standard InChI is InChI=1S/C30H34F3N5O/c1-22(2)37-19-15-27(16-20-37)38(29(39)12-9-23-7-10-24(11-8-23)30(31,32)33)21-25-5-4-6-28(35-25)36(3)26-13-17-34-18-14-26/h4-14,17-18,22,27H,15-16,19-21H2,1-3H3/b12-9+. The Morgan fingerprint density at radius 3 is 2.33 bits per heavy atom. The highest BCUT2D eigenvalue weighted by molar-refractivity contribution is 5.92. The van der Waals surface area contributed by atoms with Gasteiger partial charge >= 0.3 is 6.18 Å². The molecule has 9 heteroatoms. The summed E-state index contributed by atoms with van der Waals surface area (Å²) < 4.78 is 38.7. The van der Waals surface area contributed by atoms with Crippen LogP contribution in [0.5, 0.6) is 0 Å². The summed E-state index contributed by atoms with van der Waals surface area (Å²) in [7, 11) is 1.93. The van der Waals surface area contributed by atoms with E-state index in [0.29, 0.717) is 18.2 Å². The van der Waals surface area contributed by atoms with Crippen molar-refractivity contribution in [3.63, 3.8) is 0 Å². The van der Waals surface area contributed by atoms with E-state index in [0.717, 1.165) is 55.3 Å². The Morgan fingerprint density at radius 1 is 1.05 bits per heavy atom. The minimum atomic E-state index is -4.40. The molecular weight excluding hydrogens is 503 g/mol. The van der Waals surface area contributed by atoms with Gasteiger partial charge in [-0.15, -0.1) is 0 Å². The number of rotatable bonds is 8. The number of hydrogen-bond donors (Lipinski definition) is 0. The number of anilines is 2. The zero-order chi connectivity index (χ0) is 28.0. The molecule has 1 amide bonds. The molecule has 1 fully saturated rings. The van der Waals surface area contributed by atoms with Crippen molar-refractivity contribution < 1.29 is 18.0 Å². The van der Waals surface area contributed by atoms with Gasteiger partial charge in [-0.1, -0.05) is 18.2 Å². The summed E-state index contributed by atoms with van der Waals surface area (Å²) in [6.07, 6.45) is 3.76. The van der Waals surface area contributed by atoms with Crippen LogP contribution in [-0.2, 0) is 17.5 Å². The van der Waals surface area contributed by atoms with Gasteiger partial charge in [-0.2, -0.15) is 13.2 Å². The summed E-state index contributed by atoms with van der Waals surface area (Å²) in [5.74, 6) is 0.564. The summed E-state index contributed by atoms with van der Waals surface area (Å²) in [5.41, 5.74) is 1.52. The molecule has 0 radical (unpaired) electrons. The van der Waals surface area contributed by atoms with Gasteiger partial charge in [0.1, 0.15) is 5.82 Å². The molecule has 3 heterocycles. The molecule has 1 aliphatic heterocycles. The number of alkyl halides is 3. The smallest absolute Gasteiger partial charge is 0.330 e. The van der Waals surface area contributed by atoms with E-state index in [9.17, 15) is 18.0 Å². The van der Waals surface area contributed by atoms with Crippen LogP contribution in [0.2, 0.25) is 0 Å². The molecule has 1 aromatic carbocycles. The fraction of sp³-hybridized carbons (Fsp3) is 0.367. The van der Waals surface area contributed by atoms with Crippen LogP contribution >= 0.6 is 0 Å². The minimum absolute atomic E-state index is 0.0353. The number of amides is 1. The summed E-state index contributed by atoms with van der Waals surface area (Å²) in [4.78, 5) is 28.6. The lowest BCUT2D eigenvalue weighted by Crippen LogP contribution is -2.48. The number of carbonyl (C=O) groups excluding carboxylic acids is 1. The Hall–Kier alpha value is -3.72. The van der Waals surface area contributed by atoms with Crippen LogP contribution in [0.15, 0.2) is 73.1 Å². The fourth-order valence-electron chi connectivity index (χ4n) is 4.76. The zero-order valence-electron chi connectivity index (χ0n) is 22.5. The van der Waals surface area contributed by atoms with Gasteiger partial charge in [0.25, 0.3) is 0 Å². The molecule has 0 spiro atoms. The molecule has 206 valence electrons. The van der Waals surface area contributed by atoms with E-state index in [1.165, 1.54) is 18.2 Å². The highest BCUT2D eigenvalue weighted by atomic mass is 19.4. The lowest BCUT2D eigenvalue weighted by Gasteiger charge is -2.39. The molecule has 4 rings (SSSR count). The normalized spacial score (nSPS) is 15.2. The number of pyridine rings is 2. The highest BCUT2D eigenvalue weighted by Crippen LogP contribution is 2.29. The van der Waals surface area contributed by atoms with Crippen LogP contribution in [0.1, 0.15) is 43.5 Å². The van der Waals surface area contributed by atoms with Gasteiger partial charge in [0.05, 0.1) is 17.8 Å². The second-order valence-electron chi connectivity index (χ2n) is 10.0. The number of likely N-dealkylation sites (tertiary alicyclic amines) is 1. The fourth-order valence-corrected chi connectivity index (χ4v) is 4.76. The van der Waals surface area contributed by atoms with Crippen molar-refractivity contribution in [1.82, 2.24) is 19.8 Å². The Bertz CT molecular complexity index is 1250. The van der Waals surface area contributed by atoms with Crippen molar-refractivity contribution in [2.45, 2.75) is 51.5 Å². The van der Waals surface area contributed by atoms with E-state index in [1.54, 1.807) is 18.5 Å². The van der Waals surface area contributed by atoms with Crippen LogP contribution < -0.4 is 4.90 Å². The quantitative estimate of drug-likeness (QED) is 0.321. The largest absolute Gasteiger partial charge is 0.416 e. The van der Waals surface area contributed by atoms with Crippen LogP contribution in [0, 0.1) is 0 Å². The minimum Gasteiger partial charge on any atom is -0.330 e. The van der Waals surface area contributed by atoms with Gasteiger partial charge in [0, 0.05) is 56.4 Å². The van der Waals surface area contributed by atoms with Crippen molar-refractivity contribution in [1.29, 1.82) is 0 Å². The zero-order valence-corrected chi connectivity index (χ0v) is 22.5. The molecule has 0 bridgehead atoms. The molecule has 39 heavy (non-hydrogen) atoms. The Balaban J connectivity index is 1.54. The topological polar surface area (TPSA) is 52.6 Å². The lowest BCUT2D eigenvalue weighted by atomic mass is 10.0. The SMILES string of the molecule is CC(C)N1CCC(N(Cc2cccc(N(C)c3ccncc3)n2)C(=O)/C=C/c2ccc(C(F)(F)F)cc2)CC1. The van der Waals surface area contributed by atoms with Crippen LogP contribution in [0.4, 0.5) is 24.7 Å². The van der Waals surface area contributed by atoms with Crippen molar-refractivity contribution in [2.75, 3.05) is 25.0 Å². The average molecular weight is 538 g/mol. The maximum atomic E-state index is 13.5. The number of halogens is 3. The predicted molar refractivity (Wildman–Crippen MR) is 147 cm³/mol. The summed E-state index contributed by atoms with van der Waals surface area (Å²) >= 11 is 0. The number of carbonyl (C=O) groups is 1. The third kappa shape index (κ3) is 7.44. The van der Waals surface area contributed by atoms with Gasteiger partial charge < -0.3 is 14.7 Å².